The summed E-state index contributed by atoms with van der Waals surface area (Å²) < 4.78 is 5.44. The van der Waals surface area contributed by atoms with Crippen molar-refractivity contribution in [2.45, 2.75) is 25.4 Å². The summed E-state index contributed by atoms with van der Waals surface area (Å²) in [4.78, 5) is 15.0. The van der Waals surface area contributed by atoms with Gasteiger partial charge in [0.05, 0.1) is 6.04 Å². The maximum absolute atomic E-state index is 10.7. The number of nitrogens with two attached hydrogens (primary N) is 1. The molecule has 18 heavy (non-hydrogen) atoms. The lowest BCUT2D eigenvalue weighted by atomic mass is 10.0. The predicted octanol–water partition coefficient (Wildman–Crippen LogP) is 0.806. The second-order valence-electron chi connectivity index (χ2n) is 4.44. The summed E-state index contributed by atoms with van der Waals surface area (Å²) in [5.41, 5.74) is 7.28. The largest absolute Gasteiger partial charge is 0.480 e. The molecule has 0 fully saturated rings. The number of carboxylic acid groups (broad SMARTS) is 1. The highest BCUT2D eigenvalue weighted by Gasteiger charge is 2.16. The molecule has 3 N–H and O–H groups in total. The number of ether oxygens (including phenoxy) is 1. The number of benzene rings is 1. The molecule has 5 heteroatoms. The van der Waals surface area contributed by atoms with E-state index >= 15 is 0 Å². The van der Waals surface area contributed by atoms with Gasteiger partial charge in [-0.25, -0.2) is 4.99 Å². The second-order valence-corrected chi connectivity index (χ2v) is 4.44. The van der Waals surface area contributed by atoms with E-state index in [2.05, 4.69) is 4.99 Å². The van der Waals surface area contributed by atoms with Gasteiger partial charge in [-0.1, -0.05) is 12.1 Å². The standard InChI is InChI=1S/C13H16N2O3/c1-8-7-18-12(15-8)10-4-2-9(3-5-10)6-11(14)13(16)17/h2-5,8,11H,6-7,14H2,1H3,(H,16,17). The minimum Gasteiger partial charge on any atom is -0.480 e. The zero-order chi connectivity index (χ0) is 13.1. The number of carbonyl (C=O) groups is 1. The molecule has 1 aliphatic rings. The lowest BCUT2D eigenvalue weighted by Gasteiger charge is -2.07. The van der Waals surface area contributed by atoms with E-state index in [1.54, 1.807) is 0 Å². The SMILES string of the molecule is CC1COC(c2ccc(CC(N)C(=O)O)cc2)=N1. The quantitative estimate of drug-likeness (QED) is 0.825. The lowest BCUT2D eigenvalue weighted by molar-refractivity contribution is -0.138. The first kappa shape index (κ1) is 12.6. The van der Waals surface area contributed by atoms with Crippen LogP contribution in [0.25, 0.3) is 0 Å². The van der Waals surface area contributed by atoms with E-state index in [4.69, 9.17) is 15.6 Å². The van der Waals surface area contributed by atoms with E-state index in [1.165, 1.54) is 0 Å². The third-order valence-corrected chi connectivity index (χ3v) is 2.77. The number of hydrogen-bond donors (Lipinski definition) is 2. The minimum absolute atomic E-state index is 0.195. The molecule has 1 aromatic carbocycles. The van der Waals surface area contributed by atoms with Crippen molar-refractivity contribution in [2.24, 2.45) is 10.7 Å². The molecule has 0 saturated heterocycles. The zero-order valence-corrected chi connectivity index (χ0v) is 10.2. The van der Waals surface area contributed by atoms with Crippen molar-refractivity contribution < 1.29 is 14.6 Å². The Labute approximate surface area is 105 Å². The molecule has 1 heterocycles. The summed E-state index contributed by atoms with van der Waals surface area (Å²) in [5, 5.41) is 8.74. The van der Waals surface area contributed by atoms with Crippen LogP contribution in [-0.2, 0) is 16.0 Å². The van der Waals surface area contributed by atoms with Gasteiger partial charge in [0.1, 0.15) is 12.6 Å². The van der Waals surface area contributed by atoms with Gasteiger partial charge < -0.3 is 15.6 Å². The first-order valence-electron chi connectivity index (χ1n) is 5.84. The lowest BCUT2D eigenvalue weighted by Crippen LogP contribution is -2.32. The van der Waals surface area contributed by atoms with Crippen molar-refractivity contribution in [3.05, 3.63) is 35.4 Å². The van der Waals surface area contributed by atoms with Gasteiger partial charge in [0.2, 0.25) is 5.90 Å². The summed E-state index contributed by atoms with van der Waals surface area (Å²) in [6, 6.07) is 6.79. The average molecular weight is 248 g/mol. The van der Waals surface area contributed by atoms with Gasteiger partial charge in [-0.15, -0.1) is 0 Å². The predicted molar refractivity (Wildman–Crippen MR) is 67.7 cm³/mol. The Balaban J connectivity index is 2.06. The molecule has 5 nitrogen and oxygen atoms in total. The van der Waals surface area contributed by atoms with E-state index in [-0.39, 0.29) is 6.04 Å². The molecule has 2 atom stereocenters. The van der Waals surface area contributed by atoms with Gasteiger partial charge in [-0.3, -0.25) is 4.79 Å². The van der Waals surface area contributed by atoms with Gasteiger partial charge in [-0.05, 0) is 31.0 Å². The molecule has 1 aromatic rings. The van der Waals surface area contributed by atoms with Gasteiger partial charge in [0, 0.05) is 5.56 Å². The molecule has 0 bridgehead atoms. The van der Waals surface area contributed by atoms with Crippen molar-refractivity contribution >= 4 is 11.9 Å². The van der Waals surface area contributed by atoms with E-state index in [0.29, 0.717) is 18.9 Å². The molecule has 2 unspecified atom stereocenters. The van der Waals surface area contributed by atoms with E-state index in [1.807, 2.05) is 31.2 Å². The monoisotopic (exact) mass is 248 g/mol. The van der Waals surface area contributed by atoms with Gasteiger partial charge in [0.25, 0.3) is 0 Å². The molecule has 0 aliphatic carbocycles. The number of aliphatic carboxylic acids is 1. The molecule has 0 aromatic heterocycles. The summed E-state index contributed by atoms with van der Waals surface area (Å²) in [6.45, 7) is 2.61. The van der Waals surface area contributed by atoms with Crippen LogP contribution in [0.15, 0.2) is 29.3 Å². The topological polar surface area (TPSA) is 84.9 Å². The van der Waals surface area contributed by atoms with Crippen LogP contribution in [0.3, 0.4) is 0 Å². The minimum atomic E-state index is -0.989. The van der Waals surface area contributed by atoms with E-state index < -0.39 is 12.0 Å². The molecule has 0 radical (unpaired) electrons. The first-order valence-corrected chi connectivity index (χ1v) is 5.84. The number of rotatable bonds is 4. The Morgan fingerprint density at radius 3 is 2.72 bits per heavy atom. The van der Waals surface area contributed by atoms with Crippen LogP contribution >= 0.6 is 0 Å². The smallest absolute Gasteiger partial charge is 0.320 e. The van der Waals surface area contributed by atoms with Crippen molar-refractivity contribution in [1.82, 2.24) is 0 Å². The van der Waals surface area contributed by atoms with E-state index in [0.717, 1.165) is 11.1 Å². The first-order chi connectivity index (χ1) is 8.56. The fourth-order valence-electron chi connectivity index (χ4n) is 1.76. The second kappa shape index (κ2) is 5.18. The van der Waals surface area contributed by atoms with Crippen LogP contribution in [0.2, 0.25) is 0 Å². The van der Waals surface area contributed by atoms with Crippen LogP contribution < -0.4 is 5.73 Å². The summed E-state index contributed by atoms with van der Waals surface area (Å²) in [7, 11) is 0. The molecule has 2 rings (SSSR count). The molecule has 1 aliphatic heterocycles. The van der Waals surface area contributed by atoms with Crippen LogP contribution in [0.4, 0.5) is 0 Å². The Morgan fingerprint density at radius 1 is 1.56 bits per heavy atom. The molecule has 0 amide bonds. The summed E-state index contributed by atoms with van der Waals surface area (Å²) >= 11 is 0. The fourth-order valence-corrected chi connectivity index (χ4v) is 1.76. The number of nitrogens with zero attached hydrogens (tertiary/aromatic N) is 1. The van der Waals surface area contributed by atoms with Crippen LogP contribution in [0, 0.1) is 0 Å². The van der Waals surface area contributed by atoms with Crippen molar-refractivity contribution in [3.63, 3.8) is 0 Å². The highest BCUT2D eigenvalue weighted by molar-refractivity contribution is 5.95. The van der Waals surface area contributed by atoms with Gasteiger partial charge >= 0.3 is 5.97 Å². The van der Waals surface area contributed by atoms with Crippen LogP contribution in [-0.4, -0.2) is 35.7 Å². The van der Waals surface area contributed by atoms with Crippen molar-refractivity contribution in [3.8, 4) is 0 Å². The molecular formula is C13H16N2O3. The fraction of sp³-hybridized carbons (Fsp3) is 0.385. The average Bonchev–Trinajstić information content (AvgIpc) is 2.76. The van der Waals surface area contributed by atoms with Gasteiger partial charge in [-0.2, -0.15) is 0 Å². The number of carboxylic acids is 1. The Morgan fingerprint density at radius 2 is 2.22 bits per heavy atom. The van der Waals surface area contributed by atoms with Crippen molar-refractivity contribution in [1.29, 1.82) is 0 Å². The molecule has 96 valence electrons. The zero-order valence-electron chi connectivity index (χ0n) is 10.2. The highest BCUT2D eigenvalue weighted by atomic mass is 16.5. The van der Waals surface area contributed by atoms with Crippen LogP contribution in [0.5, 0.6) is 0 Å². The maximum Gasteiger partial charge on any atom is 0.320 e. The molecule has 0 spiro atoms. The Hall–Kier alpha value is -1.88. The number of hydrogen-bond acceptors (Lipinski definition) is 4. The van der Waals surface area contributed by atoms with Gasteiger partial charge in [0.15, 0.2) is 0 Å². The summed E-state index contributed by atoms with van der Waals surface area (Å²) in [6.07, 6.45) is 0.319. The van der Waals surface area contributed by atoms with Crippen molar-refractivity contribution in [2.75, 3.05) is 6.61 Å². The highest BCUT2D eigenvalue weighted by Crippen LogP contribution is 2.13. The third kappa shape index (κ3) is 2.87. The number of aliphatic imine (C=N–C) groups is 1. The third-order valence-electron chi connectivity index (χ3n) is 2.77. The van der Waals surface area contributed by atoms with E-state index in [9.17, 15) is 4.79 Å². The summed E-state index contributed by atoms with van der Waals surface area (Å²) in [5.74, 6) is -0.340. The normalized spacial score (nSPS) is 20.1. The molecular weight excluding hydrogens is 232 g/mol. The molecule has 0 saturated carbocycles. The Bertz CT molecular complexity index is 468. The maximum atomic E-state index is 10.7. The van der Waals surface area contributed by atoms with Crippen LogP contribution in [0.1, 0.15) is 18.1 Å². The Kier molecular flexibility index (Phi) is 3.62.